The number of quaternary nitrogens is 1. The number of nitrogens with zero attached hydrogens (tertiary/aromatic N) is 1. The molecule has 9 nitrogen and oxygen atoms in total. The summed E-state index contributed by atoms with van der Waals surface area (Å²) in [5.74, 6) is -0.806. The smallest absolute Gasteiger partial charge is 0.462 e. The van der Waals surface area contributed by atoms with E-state index in [4.69, 9.17) is 18.5 Å². The van der Waals surface area contributed by atoms with Gasteiger partial charge in [-0.05, 0) is 103 Å². The van der Waals surface area contributed by atoms with Crippen LogP contribution in [-0.2, 0) is 32.7 Å². The van der Waals surface area contributed by atoms with Gasteiger partial charge in [0.05, 0.1) is 27.7 Å². The third-order valence-electron chi connectivity index (χ3n) is 14.0. The summed E-state index contributed by atoms with van der Waals surface area (Å²) >= 11 is 0. The van der Waals surface area contributed by atoms with E-state index in [2.05, 4.69) is 135 Å². The standard InChI is InChI=1S/C72H124NO8P/c1-6-8-10-12-14-16-18-20-22-24-25-26-27-28-29-30-31-32-33-34-35-36-37-38-39-40-41-42-43-44-45-46-47-49-51-53-55-57-59-61-63-65-72(75)81-70(69-80-82(76,77)79-67-66-73(3,4)5)68-78-71(74)64-62-60-58-56-54-52-50-48-23-21-19-17-15-13-11-9-7-2/h8-11,14-17,20-23,25-26,28-29,31-32,34-35,70H,6-7,12-13,18-19,24,27,30,33,36-69H2,1-5H3/p+1/b10-8-,11-9-,16-14-,17-15-,22-20-,23-21-,26-25-,29-28-,32-31-,35-34-. The Morgan fingerprint density at radius 1 is 0.378 bits per heavy atom. The molecule has 0 rings (SSSR count). The molecule has 0 aliphatic rings. The summed E-state index contributed by atoms with van der Waals surface area (Å²) in [5, 5.41) is 0. The minimum atomic E-state index is -4.39. The lowest BCUT2D eigenvalue weighted by Gasteiger charge is -2.24. The number of rotatable bonds is 60. The first-order valence-corrected chi connectivity index (χ1v) is 34.8. The number of allylic oxidation sites excluding steroid dienone is 20. The number of phosphoric acid groups is 1. The fourth-order valence-electron chi connectivity index (χ4n) is 8.95. The van der Waals surface area contributed by atoms with E-state index in [0.717, 1.165) is 109 Å². The summed E-state index contributed by atoms with van der Waals surface area (Å²) in [4.78, 5) is 35.8. The first-order chi connectivity index (χ1) is 40.0. The maximum Gasteiger partial charge on any atom is 0.472 e. The Morgan fingerprint density at radius 3 is 0.976 bits per heavy atom. The Balaban J connectivity index is 3.97. The fraction of sp³-hybridized carbons (Fsp3) is 0.694. The van der Waals surface area contributed by atoms with Gasteiger partial charge in [-0.2, -0.15) is 0 Å². The molecule has 0 fully saturated rings. The lowest BCUT2D eigenvalue weighted by atomic mass is 10.0. The number of likely N-dealkylation sites (N-methyl/N-ethyl adjacent to an activating group) is 1. The molecule has 0 radical (unpaired) electrons. The van der Waals surface area contributed by atoms with Crippen LogP contribution < -0.4 is 0 Å². The van der Waals surface area contributed by atoms with Crippen molar-refractivity contribution in [2.75, 3.05) is 47.5 Å². The Hall–Kier alpha value is -3.59. The summed E-state index contributed by atoms with van der Waals surface area (Å²) in [6, 6.07) is 0. The third-order valence-corrected chi connectivity index (χ3v) is 15.0. The summed E-state index contributed by atoms with van der Waals surface area (Å²) in [7, 11) is 1.47. The molecule has 0 heterocycles. The van der Waals surface area contributed by atoms with Crippen molar-refractivity contribution < 1.29 is 42.1 Å². The van der Waals surface area contributed by atoms with Crippen molar-refractivity contribution in [1.29, 1.82) is 0 Å². The number of ether oxygens (including phenoxy) is 2. The number of hydrogen-bond donors (Lipinski definition) is 1. The molecule has 82 heavy (non-hydrogen) atoms. The second kappa shape index (κ2) is 62.0. The van der Waals surface area contributed by atoms with E-state index in [9.17, 15) is 19.0 Å². The van der Waals surface area contributed by atoms with Crippen molar-refractivity contribution in [3.05, 3.63) is 122 Å². The SMILES string of the molecule is CC/C=C\C/C=C\C/C=C\C/C=C\C/C=C\C/C=C\C/C=C\CCCCCCCCCCCCCCCCCCCCCC(=O)OC(COC(=O)CCCCCCCCC/C=C\C/C=C\C/C=C\CC)COP(=O)(O)OCC[N+](C)(C)C. The van der Waals surface area contributed by atoms with Crippen molar-refractivity contribution in [3.8, 4) is 0 Å². The Labute approximate surface area is 505 Å². The molecule has 0 saturated carbocycles. The van der Waals surface area contributed by atoms with Gasteiger partial charge in [-0.1, -0.05) is 277 Å². The average Bonchev–Trinajstić information content (AvgIpc) is 3.45. The van der Waals surface area contributed by atoms with Gasteiger partial charge in [-0.15, -0.1) is 0 Å². The summed E-state index contributed by atoms with van der Waals surface area (Å²) in [6.07, 6.45) is 88.7. The minimum Gasteiger partial charge on any atom is -0.462 e. The van der Waals surface area contributed by atoms with Crippen LogP contribution in [0.4, 0.5) is 0 Å². The monoisotopic (exact) mass is 1160 g/mol. The Bertz CT molecular complexity index is 1800. The molecule has 0 aliphatic heterocycles. The van der Waals surface area contributed by atoms with Crippen molar-refractivity contribution >= 4 is 19.8 Å². The molecule has 0 spiro atoms. The maximum absolute atomic E-state index is 12.8. The highest BCUT2D eigenvalue weighted by atomic mass is 31.2. The minimum absolute atomic E-state index is 0.0266. The summed E-state index contributed by atoms with van der Waals surface area (Å²) < 4.78 is 34.6. The predicted molar refractivity (Wildman–Crippen MR) is 353 cm³/mol. The predicted octanol–water partition coefficient (Wildman–Crippen LogP) is 21.5. The highest BCUT2D eigenvalue weighted by Crippen LogP contribution is 2.43. The number of carbonyl (C=O) groups excluding carboxylic acids is 2. The second-order valence-corrected chi connectivity index (χ2v) is 24.5. The van der Waals surface area contributed by atoms with Gasteiger partial charge in [0.25, 0.3) is 0 Å². The molecule has 1 N–H and O–H groups in total. The van der Waals surface area contributed by atoms with Crippen LogP contribution in [0.25, 0.3) is 0 Å². The molecule has 0 saturated heterocycles. The molecular weight excluding hydrogens is 1040 g/mol. The normalized spacial score (nSPS) is 14.0. The van der Waals surface area contributed by atoms with Gasteiger partial charge in [-0.25, -0.2) is 4.57 Å². The van der Waals surface area contributed by atoms with E-state index in [1.54, 1.807) is 0 Å². The van der Waals surface area contributed by atoms with Crippen LogP contribution in [-0.4, -0.2) is 74.9 Å². The highest BCUT2D eigenvalue weighted by molar-refractivity contribution is 7.47. The molecule has 0 bridgehead atoms. The van der Waals surface area contributed by atoms with Gasteiger partial charge in [-0.3, -0.25) is 18.6 Å². The topological polar surface area (TPSA) is 108 Å². The van der Waals surface area contributed by atoms with Crippen LogP contribution in [0.2, 0.25) is 0 Å². The van der Waals surface area contributed by atoms with Crippen molar-refractivity contribution in [2.45, 2.75) is 277 Å². The van der Waals surface area contributed by atoms with Crippen molar-refractivity contribution in [3.63, 3.8) is 0 Å². The molecule has 0 aromatic carbocycles. The Morgan fingerprint density at radius 2 is 0.659 bits per heavy atom. The molecule has 470 valence electrons. The molecule has 0 aromatic rings. The molecule has 2 atom stereocenters. The number of carbonyl (C=O) groups is 2. The molecule has 0 amide bonds. The van der Waals surface area contributed by atoms with E-state index in [0.29, 0.717) is 17.4 Å². The van der Waals surface area contributed by atoms with Gasteiger partial charge in [0.1, 0.15) is 19.8 Å². The largest absolute Gasteiger partial charge is 0.472 e. The molecule has 10 heteroatoms. The highest BCUT2D eigenvalue weighted by Gasteiger charge is 2.27. The first kappa shape index (κ1) is 78.4. The van der Waals surface area contributed by atoms with Gasteiger partial charge < -0.3 is 18.9 Å². The van der Waals surface area contributed by atoms with E-state index in [1.165, 1.54) is 128 Å². The van der Waals surface area contributed by atoms with Crippen LogP contribution in [0.1, 0.15) is 271 Å². The van der Waals surface area contributed by atoms with E-state index in [1.807, 2.05) is 21.1 Å². The molecule has 2 unspecified atom stereocenters. The van der Waals surface area contributed by atoms with Crippen LogP contribution in [0, 0.1) is 0 Å². The van der Waals surface area contributed by atoms with Crippen molar-refractivity contribution in [2.24, 2.45) is 0 Å². The van der Waals surface area contributed by atoms with Crippen LogP contribution in [0.3, 0.4) is 0 Å². The van der Waals surface area contributed by atoms with E-state index >= 15 is 0 Å². The number of phosphoric ester groups is 1. The fourth-order valence-corrected chi connectivity index (χ4v) is 9.69. The van der Waals surface area contributed by atoms with E-state index < -0.39 is 26.5 Å². The van der Waals surface area contributed by atoms with Gasteiger partial charge in [0.2, 0.25) is 0 Å². The number of esters is 2. The average molecular weight is 1160 g/mol. The van der Waals surface area contributed by atoms with Gasteiger partial charge in [0.15, 0.2) is 6.10 Å². The molecule has 0 aromatic heterocycles. The zero-order valence-corrected chi connectivity index (χ0v) is 54.3. The van der Waals surface area contributed by atoms with E-state index in [-0.39, 0.29) is 32.0 Å². The number of unbranched alkanes of at least 4 members (excludes halogenated alkanes) is 26. The van der Waals surface area contributed by atoms with Crippen molar-refractivity contribution in [1.82, 2.24) is 0 Å². The van der Waals surface area contributed by atoms with Crippen LogP contribution >= 0.6 is 7.82 Å². The molecule has 0 aliphatic carbocycles. The number of hydrogen-bond acceptors (Lipinski definition) is 7. The second-order valence-electron chi connectivity index (χ2n) is 23.1. The quantitative estimate of drug-likeness (QED) is 0.0211. The molecular formula is C72H125NO8P+. The zero-order chi connectivity index (χ0) is 59.8. The Kier molecular flexibility index (Phi) is 59.2. The zero-order valence-electron chi connectivity index (χ0n) is 53.4. The van der Waals surface area contributed by atoms with Crippen LogP contribution in [0.5, 0.6) is 0 Å². The first-order valence-electron chi connectivity index (χ1n) is 33.3. The third kappa shape index (κ3) is 65.6. The lowest BCUT2D eigenvalue weighted by Crippen LogP contribution is -2.37. The maximum atomic E-state index is 12.8. The van der Waals surface area contributed by atoms with Gasteiger partial charge >= 0.3 is 19.8 Å². The van der Waals surface area contributed by atoms with Gasteiger partial charge in [0, 0.05) is 12.8 Å². The summed E-state index contributed by atoms with van der Waals surface area (Å²) in [5.41, 5.74) is 0. The lowest BCUT2D eigenvalue weighted by molar-refractivity contribution is -0.870. The summed E-state index contributed by atoms with van der Waals surface area (Å²) in [6.45, 7) is 4.21. The van der Waals surface area contributed by atoms with Crippen LogP contribution in [0.15, 0.2) is 122 Å².